The van der Waals surface area contributed by atoms with Crippen LogP contribution in [-0.4, -0.2) is 20.6 Å². The lowest BCUT2D eigenvalue weighted by Gasteiger charge is -2.30. The molecule has 0 radical (unpaired) electrons. The second-order valence-corrected chi connectivity index (χ2v) is 6.33. The molecule has 3 atom stereocenters. The van der Waals surface area contributed by atoms with E-state index in [2.05, 4.69) is 11.9 Å². The van der Waals surface area contributed by atoms with Crippen LogP contribution in [0.4, 0.5) is 0 Å². The molecule has 5 nitrogen and oxygen atoms in total. The first-order valence-electron chi connectivity index (χ1n) is 7.65. The average Bonchev–Trinajstić information content (AvgIpc) is 2.37. The zero-order valence-electron chi connectivity index (χ0n) is 13.2. The van der Waals surface area contributed by atoms with Crippen molar-refractivity contribution in [2.24, 2.45) is 5.92 Å². The Morgan fingerprint density at radius 1 is 1.38 bits per heavy atom. The van der Waals surface area contributed by atoms with Gasteiger partial charge in [0.25, 0.3) is 0 Å². The fourth-order valence-electron chi connectivity index (χ4n) is 3.61. The summed E-state index contributed by atoms with van der Waals surface area (Å²) in [7, 11) is 0. The molecule has 1 saturated carbocycles. The molecule has 1 aromatic heterocycles. The Morgan fingerprint density at radius 3 is 2.62 bits per heavy atom. The van der Waals surface area contributed by atoms with Gasteiger partial charge in [-0.25, -0.2) is 4.79 Å². The number of aliphatic carboxylic acids is 1. The van der Waals surface area contributed by atoms with Gasteiger partial charge in [0.05, 0.1) is 5.92 Å². The minimum absolute atomic E-state index is 0.147. The third kappa shape index (κ3) is 3.01. The van der Waals surface area contributed by atoms with Gasteiger partial charge in [0.2, 0.25) is 0 Å². The highest BCUT2D eigenvalue weighted by Gasteiger charge is 2.27. The third-order valence-electron chi connectivity index (χ3n) is 4.69. The van der Waals surface area contributed by atoms with Crippen molar-refractivity contribution in [3.05, 3.63) is 27.4 Å². The van der Waals surface area contributed by atoms with Gasteiger partial charge in [-0.05, 0) is 39.5 Å². The van der Waals surface area contributed by atoms with Crippen LogP contribution in [0.25, 0.3) is 0 Å². The predicted molar refractivity (Wildman–Crippen MR) is 80.7 cm³/mol. The second-order valence-electron chi connectivity index (χ2n) is 6.33. The molecule has 21 heavy (non-hydrogen) atoms. The molecule has 1 aromatic rings. The minimum Gasteiger partial charge on any atom is -0.481 e. The Hall–Kier alpha value is -1.65. The highest BCUT2D eigenvalue weighted by atomic mass is 16.4. The van der Waals surface area contributed by atoms with E-state index in [1.807, 2.05) is 6.92 Å². The monoisotopic (exact) mass is 292 g/mol. The molecule has 1 aliphatic carbocycles. The molecule has 0 amide bonds. The van der Waals surface area contributed by atoms with Crippen molar-refractivity contribution < 1.29 is 9.90 Å². The average molecular weight is 292 g/mol. The molecule has 0 spiro atoms. The van der Waals surface area contributed by atoms with Crippen molar-refractivity contribution in [1.82, 2.24) is 9.55 Å². The van der Waals surface area contributed by atoms with E-state index in [1.165, 1.54) is 6.42 Å². The van der Waals surface area contributed by atoms with E-state index in [9.17, 15) is 14.7 Å². The van der Waals surface area contributed by atoms with Crippen LogP contribution in [0.15, 0.2) is 4.79 Å². The standard InChI is InChI=1S/C16H24N2O3/c1-9-6-5-7-13(8-9)18-12(4)14(10(2)15(19)20)11(3)17-16(18)21/h9-10,13H,5-8H2,1-4H3,(H,19,20). The van der Waals surface area contributed by atoms with Crippen LogP contribution in [0.5, 0.6) is 0 Å². The van der Waals surface area contributed by atoms with Crippen LogP contribution in [0.2, 0.25) is 0 Å². The summed E-state index contributed by atoms with van der Waals surface area (Å²) in [6.45, 7) is 7.42. The molecule has 116 valence electrons. The molecule has 0 bridgehead atoms. The number of aryl methyl sites for hydroxylation is 1. The molecule has 0 aliphatic heterocycles. The van der Waals surface area contributed by atoms with Crippen LogP contribution in [-0.2, 0) is 4.79 Å². The summed E-state index contributed by atoms with van der Waals surface area (Å²) in [5, 5.41) is 9.28. The van der Waals surface area contributed by atoms with Crippen LogP contribution in [0, 0.1) is 19.8 Å². The summed E-state index contributed by atoms with van der Waals surface area (Å²) in [5.41, 5.74) is 1.74. The summed E-state index contributed by atoms with van der Waals surface area (Å²) in [6.07, 6.45) is 4.24. The maximum Gasteiger partial charge on any atom is 0.348 e. The van der Waals surface area contributed by atoms with Crippen LogP contribution < -0.4 is 5.69 Å². The molecule has 1 heterocycles. The van der Waals surface area contributed by atoms with E-state index in [0.29, 0.717) is 17.2 Å². The van der Waals surface area contributed by atoms with Crippen LogP contribution in [0.1, 0.15) is 68.4 Å². The molecular formula is C16H24N2O3. The highest BCUT2D eigenvalue weighted by Crippen LogP contribution is 2.33. The molecule has 0 aromatic carbocycles. The fourth-order valence-corrected chi connectivity index (χ4v) is 3.61. The zero-order valence-corrected chi connectivity index (χ0v) is 13.2. The normalized spacial score (nSPS) is 23.8. The Kier molecular flexibility index (Phi) is 4.49. The number of hydrogen-bond donors (Lipinski definition) is 1. The quantitative estimate of drug-likeness (QED) is 0.929. The molecule has 1 fully saturated rings. The molecule has 0 saturated heterocycles. The summed E-state index contributed by atoms with van der Waals surface area (Å²) in [4.78, 5) is 27.7. The lowest BCUT2D eigenvalue weighted by Crippen LogP contribution is -2.34. The van der Waals surface area contributed by atoms with Crippen LogP contribution >= 0.6 is 0 Å². The summed E-state index contributed by atoms with van der Waals surface area (Å²) in [5.74, 6) is -0.938. The van der Waals surface area contributed by atoms with Gasteiger partial charge < -0.3 is 5.11 Å². The maximum atomic E-state index is 12.3. The van der Waals surface area contributed by atoms with Gasteiger partial charge in [0.15, 0.2) is 0 Å². The number of aromatic nitrogens is 2. The van der Waals surface area contributed by atoms with Gasteiger partial charge in [-0.3, -0.25) is 9.36 Å². The minimum atomic E-state index is -0.884. The van der Waals surface area contributed by atoms with Crippen molar-refractivity contribution >= 4 is 5.97 Å². The van der Waals surface area contributed by atoms with Crippen molar-refractivity contribution in [1.29, 1.82) is 0 Å². The van der Waals surface area contributed by atoms with E-state index >= 15 is 0 Å². The lowest BCUT2D eigenvalue weighted by molar-refractivity contribution is -0.138. The van der Waals surface area contributed by atoms with Crippen molar-refractivity contribution in [3.63, 3.8) is 0 Å². The van der Waals surface area contributed by atoms with Crippen LogP contribution in [0.3, 0.4) is 0 Å². The number of carboxylic acids is 1. The summed E-state index contributed by atoms with van der Waals surface area (Å²) in [6, 6.07) is 0.147. The first kappa shape index (κ1) is 15.7. The number of rotatable bonds is 3. The number of carbonyl (C=O) groups is 1. The van der Waals surface area contributed by atoms with Gasteiger partial charge in [0, 0.05) is 23.0 Å². The SMILES string of the molecule is Cc1nc(=O)n(C2CCCC(C)C2)c(C)c1C(C)C(=O)O. The number of carboxylic acid groups (broad SMARTS) is 1. The Labute approximate surface area is 125 Å². The van der Waals surface area contributed by atoms with Gasteiger partial charge in [-0.2, -0.15) is 4.98 Å². The van der Waals surface area contributed by atoms with Crippen molar-refractivity contribution in [2.75, 3.05) is 0 Å². The zero-order chi connectivity index (χ0) is 15.7. The predicted octanol–water partition coefficient (Wildman–Crippen LogP) is 2.80. The van der Waals surface area contributed by atoms with E-state index in [1.54, 1.807) is 18.4 Å². The molecule has 2 rings (SSSR count). The fraction of sp³-hybridized carbons (Fsp3) is 0.688. The number of hydrogen-bond acceptors (Lipinski definition) is 3. The van der Waals surface area contributed by atoms with E-state index in [4.69, 9.17) is 0 Å². The van der Waals surface area contributed by atoms with Gasteiger partial charge in [-0.1, -0.05) is 19.8 Å². The van der Waals surface area contributed by atoms with Gasteiger partial charge in [0.1, 0.15) is 0 Å². The van der Waals surface area contributed by atoms with E-state index in [-0.39, 0.29) is 11.7 Å². The van der Waals surface area contributed by atoms with Crippen molar-refractivity contribution in [2.45, 2.75) is 65.3 Å². The van der Waals surface area contributed by atoms with Gasteiger partial charge >= 0.3 is 11.7 Å². The molecule has 1 aliphatic rings. The first-order chi connectivity index (χ1) is 9.82. The summed E-state index contributed by atoms with van der Waals surface area (Å²) < 4.78 is 1.73. The summed E-state index contributed by atoms with van der Waals surface area (Å²) >= 11 is 0. The molecule has 5 heteroatoms. The third-order valence-corrected chi connectivity index (χ3v) is 4.69. The molecule has 1 N–H and O–H groups in total. The Balaban J connectivity index is 2.53. The largest absolute Gasteiger partial charge is 0.481 e. The number of nitrogens with zero attached hydrogens (tertiary/aromatic N) is 2. The Bertz CT molecular complexity index is 606. The van der Waals surface area contributed by atoms with E-state index < -0.39 is 11.9 Å². The van der Waals surface area contributed by atoms with E-state index in [0.717, 1.165) is 25.0 Å². The first-order valence-corrected chi connectivity index (χ1v) is 7.65. The van der Waals surface area contributed by atoms with Crippen molar-refractivity contribution in [3.8, 4) is 0 Å². The smallest absolute Gasteiger partial charge is 0.348 e. The molecular weight excluding hydrogens is 268 g/mol. The second kappa shape index (κ2) is 6.00. The topological polar surface area (TPSA) is 72.2 Å². The molecule has 3 unspecified atom stereocenters. The van der Waals surface area contributed by atoms with Gasteiger partial charge in [-0.15, -0.1) is 0 Å². The highest BCUT2D eigenvalue weighted by molar-refractivity contribution is 5.76. The lowest BCUT2D eigenvalue weighted by atomic mass is 9.86. The Morgan fingerprint density at radius 2 is 2.05 bits per heavy atom. The maximum absolute atomic E-state index is 12.3.